The molecule has 0 atom stereocenters. The predicted molar refractivity (Wildman–Crippen MR) is 125 cm³/mol. The van der Waals surface area contributed by atoms with E-state index in [4.69, 9.17) is 0 Å². The summed E-state index contributed by atoms with van der Waals surface area (Å²) in [5, 5.41) is 4.07. The molecule has 0 saturated heterocycles. The number of carbonyl (C=O) groups is 1. The average molecular weight is 470 g/mol. The minimum atomic E-state index is -4.44. The first kappa shape index (κ1) is 23.4. The number of halogens is 3. The van der Waals surface area contributed by atoms with Crippen molar-refractivity contribution in [2.24, 2.45) is 0 Å². The Kier molecular flexibility index (Phi) is 6.37. The summed E-state index contributed by atoms with van der Waals surface area (Å²) in [7, 11) is 0. The normalized spacial score (nSPS) is 14.7. The molecular weight excluding hydrogens is 443 g/mol. The number of hydrogen-bond acceptors (Lipinski definition) is 4. The van der Waals surface area contributed by atoms with Crippen molar-refractivity contribution >= 4 is 22.9 Å². The minimum absolute atomic E-state index is 0.216. The molecule has 1 amide bonds. The second kappa shape index (κ2) is 9.24. The van der Waals surface area contributed by atoms with E-state index in [0.29, 0.717) is 30.0 Å². The summed E-state index contributed by atoms with van der Waals surface area (Å²) in [6.07, 6.45) is -0.781. The number of rotatable bonds is 6. The van der Waals surface area contributed by atoms with Crippen LogP contribution in [0.4, 0.5) is 24.5 Å². The van der Waals surface area contributed by atoms with Gasteiger partial charge in [0.25, 0.3) is 0 Å². The molecular formula is C25H26F3N5O. The molecule has 178 valence electrons. The molecule has 0 aliphatic carbocycles. The summed E-state index contributed by atoms with van der Waals surface area (Å²) in [6.45, 7) is 6.54. The molecule has 0 saturated carbocycles. The SMILES string of the molecule is C/C(NNC(=O)CCn1cccn1)=C1/CN(c2cc(C)cc(C)c2)c2cc(C(F)(F)F)ccc21. The van der Waals surface area contributed by atoms with Gasteiger partial charge >= 0.3 is 6.18 Å². The van der Waals surface area contributed by atoms with Gasteiger partial charge in [-0.05, 0) is 62.2 Å². The molecule has 4 rings (SSSR count). The first-order valence-corrected chi connectivity index (χ1v) is 10.9. The number of benzene rings is 2. The molecule has 9 heteroatoms. The number of nitrogens with zero attached hydrogens (tertiary/aromatic N) is 3. The Hall–Kier alpha value is -3.75. The molecule has 2 heterocycles. The van der Waals surface area contributed by atoms with E-state index in [-0.39, 0.29) is 12.3 Å². The van der Waals surface area contributed by atoms with Gasteiger partial charge in [-0.3, -0.25) is 14.9 Å². The fourth-order valence-electron chi connectivity index (χ4n) is 4.12. The molecule has 0 fully saturated rings. The summed E-state index contributed by atoms with van der Waals surface area (Å²) < 4.78 is 42.0. The molecule has 0 unspecified atom stereocenters. The summed E-state index contributed by atoms with van der Waals surface area (Å²) >= 11 is 0. The fraction of sp³-hybridized carbons (Fsp3) is 0.280. The molecule has 1 aliphatic rings. The first-order valence-electron chi connectivity index (χ1n) is 10.9. The Bertz CT molecular complexity index is 1210. The van der Waals surface area contributed by atoms with E-state index in [1.165, 1.54) is 12.1 Å². The maximum Gasteiger partial charge on any atom is 0.416 e. The summed E-state index contributed by atoms with van der Waals surface area (Å²) in [5.41, 5.74) is 10.5. The minimum Gasteiger partial charge on any atom is -0.336 e. The monoisotopic (exact) mass is 469 g/mol. The summed E-state index contributed by atoms with van der Waals surface area (Å²) in [5.74, 6) is -0.216. The standard InChI is InChI=1S/C25H26F3N5O/c1-16-11-17(2)13-20(12-16)33-15-22(21-6-5-19(14-23(21)33)25(26,27)28)18(3)30-31-24(34)7-10-32-9-4-8-29-32/h4-6,8-9,11-14,30H,7,10,15H2,1-3H3,(H,31,34)/b22-18+. The molecule has 0 radical (unpaired) electrons. The third-order valence-corrected chi connectivity index (χ3v) is 5.74. The summed E-state index contributed by atoms with van der Waals surface area (Å²) in [4.78, 5) is 14.1. The van der Waals surface area contributed by atoms with Gasteiger partial charge in [-0.25, -0.2) is 0 Å². The van der Waals surface area contributed by atoms with Gasteiger partial charge in [-0.15, -0.1) is 0 Å². The van der Waals surface area contributed by atoms with Crippen LogP contribution in [0.2, 0.25) is 0 Å². The number of carbonyl (C=O) groups excluding carboxylic acids is 1. The van der Waals surface area contributed by atoms with Crippen LogP contribution >= 0.6 is 0 Å². The van der Waals surface area contributed by atoms with Crippen molar-refractivity contribution in [1.82, 2.24) is 20.6 Å². The van der Waals surface area contributed by atoms with Crippen LogP contribution in [0.3, 0.4) is 0 Å². The quantitative estimate of drug-likeness (QED) is 0.493. The fourth-order valence-corrected chi connectivity index (χ4v) is 4.12. The van der Waals surface area contributed by atoms with Crippen molar-refractivity contribution in [3.63, 3.8) is 0 Å². The second-order valence-corrected chi connectivity index (χ2v) is 8.46. The third-order valence-electron chi connectivity index (χ3n) is 5.74. The van der Waals surface area contributed by atoms with Crippen LogP contribution in [0.15, 0.2) is 60.6 Å². The number of hydrogen-bond donors (Lipinski definition) is 2. The second-order valence-electron chi connectivity index (χ2n) is 8.46. The molecule has 6 nitrogen and oxygen atoms in total. The van der Waals surface area contributed by atoms with E-state index in [1.54, 1.807) is 30.1 Å². The lowest BCUT2D eigenvalue weighted by atomic mass is 10.0. The molecule has 2 aromatic carbocycles. The number of alkyl halides is 3. The van der Waals surface area contributed by atoms with Gasteiger partial charge in [0.15, 0.2) is 0 Å². The van der Waals surface area contributed by atoms with Gasteiger partial charge < -0.3 is 10.3 Å². The van der Waals surface area contributed by atoms with Gasteiger partial charge in [0, 0.05) is 53.6 Å². The van der Waals surface area contributed by atoms with Crippen LogP contribution in [-0.2, 0) is 17.5 Å². The lowest BCUT2D eigenvalue weighted by Gasteiger charge is -2.21. The van der Waals surface area contributed by atoms with E-state index in [0.717, 1.165) is 28.5 Å². The van der Waals surface area contributed by atoms with Crippen LogP contribution in [0.25, 0.3) is 5.57 Å². The van der Waals surface area contributed by atoms with E-state index in [9.17, 15) is 18.0 Å². The van der Waals surface area contributed by atoms with Crippen LogP contribution < -0.4 is 15.8 Å². The molecule has 0 bridgehead atoms. The maximum absolute atomic E-state index is 13.5. The van der Waals surface area contributed by atoms with E-state index < -0.39 is 11.7 Å². The van der Waals surface area contributed by atoms with E-state index >= 15 is 0 Å². The third kappa shape index (κ3) is 5.08. The van der Waals surface area contributed by atoms with Gasteiger partial charge in [0.1, 0.15) is 0 Å². The maximum atomic E-state index is 13.5. The number of hydrazine groups is 1. The highest BCUT2D eigenvalue weighted by Crippen LogP contribution is 2.44. The van der Waals surface area contributed by atoms with Gasteiger partial charge in [-0.1, -0.05) is 12.1 Å². The average Bonchev–Trinajstić information content (AvgIpc) is 3.42. The Balaban J connectivity index is 1.60. The number of amides is 1. The van der Waals surface area contributed by atoms with Gasteiger partial charge in [0.05, 0.1) is 12.1 Å². The lowest BCUT2D eigenvalue weighted by Crippen LogP contribution is -2.37. The van der Waals surface area contributed by atoms with Gasteiger partial charge in [0.2, 0.25) is 5.91 Å². The zero-order valence-electron chi connectivity index (χ0n) is 19.2. The van der Waals surface area contributed by atoms with Crippen molar-refractivity contribution in [3.05, 3.63) is 82.8 Å². The highest BCUT2D eigenvalue weighted by molar-refractivity contribution is 5.91. The Morgan fingerprint density at radius 2 is 1.82 bits per heavy atom. The van der Waals surface area contributed by atoms with Crippen molar-refractivity contribution in [2.45, 2.75) is 39.9 Å². The van der Waals surface area contributed by atoms with Crippen LogP contribution in [0.1, 0.15) is 35.6 Å². The van der Waals surface area contributed by atoms with E-state index in [2.05, 4.69) is 16.0 Å². The zero-order chi connectivity index (χ0) is 24.5. The number of aryl methyl sites for hydroxylation is 3. The van der Waals surface area contributed by atoms with Crippen molar-refractivity contribution in [3.8, 4) is 0 Å². The molecule has 0 spiro atoms. The molecule has 34 heavy (non-hydrogen) atoms. The topological polar surface area (TPSA) is 62.2 Å². The van der Waals surface area contributed by atoms with Gasteiger partial charge in [-0.2, -0.15) is 18.3 Å². The van der Waals surface area contributed by atoms with Crippen molar-refractivity contribution in [1.29, 1.82) is 0 Å². The Morgan fingerprint density at radius 3 is 2.47 bits per heavy atom. The van der Waals surface area contributed by atoms with E-state index in [1.807, 2.05) is 36.9 Å². The smallest absolute Gasteiger partial charge is 0.336 e. The number of nitrogens with one attached hydrogen (secondary N) is 2. The molecule has 1 aromatic heterocycles. The van der Waals surface area contributed by atoms with Crippen LogP contribution in [-0.4, -0.2) is 22.2 Å². The Morgan fingerprint density at radius 1 is 1.09 bits per heavy atom. The number of anilines is 2. The number of aromatic nitrogens is 2. The zero-order valence-corrected chi connectivity index (χ0v) is 19.2. The van der Waals surface area contributed by atoms with Crippen molar-refractivity contribution in [2.75, 3.05) is 11.4 Å². The first-order chi connectivity index (χ1) is 16.1. The highest BCUT2D eigenvalue weighted by atomic mass is 19.4. The lowest BCUT2D eigenvalue weighted by molar-refractivity contribution is -0.137. The molecule has 1 aliphatic heterocycles. The highest BCUT2D eigenvalue weighted by Gasteiger charge is 2.34. The number of fused-ring (bicyclic) bond motifs is 1. The van der Waals surface area contributed by atoms with Crippen LogP contribution in [0.5, 0.6) is 0 Å². The number of allylic oxidation sites excluding steroid dienone is 1. The van der Waals surface area contributed by atoms with Crippen molar-refractivity contribution < 1.29 is 18.0 Å². The predicted octanol–water partition coefficient (Wildman–Crippen LogP) is 5.11. The van der Waals surface area contributed by atoms with Crippen LogP contribution in [0, 0.1) is 13.8 Å². The Labute approximate surface area is 196 Å². The largest absolute Gasteiger partial charge is 0.416 e. The molecule has 3 aromatic rings. The molecule has 2 N–H and O–H groups in total. The summed E-state index contributed by atoms with van der Waals surface area (Å²) in [6, 6.07) is 11.5.